The van der Waals surface area contributed by atoms with Gasteiger partial charge >= 0.3 is 5.97 Å². The lowest BCUT2D eigenvalue weighted by Gasteiger charge is -2.31. The zero-order chi connectivity index (χ0) is 25.0. The van der Waals surface area contributed by atoms with Crippen LogP contribution in [0.5, 0.6) is 0 Å². The predicted octanol–water partition coefficient (Wildman–Crippen LogP) is 4.30. The molecule has 1 aliphatic carbocycles. The molecule has 2 N–H and O–H groups in total. The Morgan fingerprint density at radius 1 is 1.20 bits per heavy atom. The molecule has 2 heterocycles. The average molecular weight is 487 g/mol. The molecule has 2 aliphatic rings. The van der Waals surface area contributed by atoms with Gasteiger partial charge in [0.25, 0.3) is 11.8 Å². The number of furan rings is 1. The lowest BCUT2D eigenvalue weighted by Crippen LogP contribution is -2.53. The van der Waals surface area contributed by atoms with Crippen LogP contribution >= 0.6 is 0 Å². The van der Waals surface area contributed by atoms with Gasteiger partial charge in [0, 0.05) is 24.4 Å². The number of hydrogen-bond donors (Lipinski definition) is 2. The Labute approximate surface area is 203 Å². The largest absolute Gasteiger partial charge is 0.451 e. The highest BCUT2D eigenvalue weighted by atomic mass is 19.1. The maximum Gasteiger partial charge on any atom is 0.309 e. The van der Waals surface area contributed by atoms with Gasteiger partial charge in [-0.25, -0.2) is 4.39 Å². The lowest BCUT2D eigenvalue weighted by molar-refractivity contribution is -0.240. The molecule has 9 heteroatoms. The summed E-state index contributed by atoms with van der Waals surface area (Å²) in [5.41, 5.74) is 0.525. The van der Waals surface area contributed by atoms with Crippen LogP contribution in [0.25, 0.3) is 11.3 Å². The van der Waals surface area contributed by atoms with Crippen LogP contribution in [-0.4, -0.2) is 35.8 Å². The molecule has 35 heavy (non-hydrogen) atoms. The van der Waals surface area contributed by atoms with Crippen LogP contribution in [0, 0.1) is 11.7 Å². The third-order valence-electron chi connectivity index (χ3n) is 6.32. The van der Waals surface area contributed by atoms with Crippen LogP contribution in [0.4, 0.5) is 4.39 Å². The molecule has 2 amide bonds. The third-order valence-corrected chi connectivity index (χ3v) is 6.32. The zero-order valence-electron chi connectivity index (χ0n) is 20.0. The summed E-state index contributed by atoms with van der Waals surface area (Å²) in [6.45, 7) is 3.59. The minimum atomic E-state index is -1.48. The SMILES string of the molecule is CC(C)OC1(NC(=O)C[C@H](NC(=O)c2ccc(-c3cccc(F)c3)o2)C2CCCC2)CCC(=O)O1. The van der Waals surface area contributed by atoms with Crippen LogP contribution in [-0.2, 0) is 19.1 Å². The number of benzene rings is 1. The van der Waals surface area contributed by atoms with E-state index < -0.39 is 29.6 Å². The number of halogens is 1. The van der Waals surface area contributed by atoms with Crippen molar-refractivity contribution in [1.82, 2.24) is 10.6 Å². The van der Waals surface area contributed by atoms with Gasteiger partial charge in [0.1, 0.15) is 11.6 Å². The first kappa shape index (κ1) is 24.9. The zero-order valence-corrected chi connectivity index (χ0v) is 20.0. The molecule has 4 rings (SSSR count). The maximum atomic E-state index is 13.6. The Balaban J connectivity index is 1.44. The first-order valence-corrected chi connectivity index (χ1v) is 12.1. The summed E-state index contributed by atoms with van der Waals surface area (Å²) in [5.74, 6) is -2.54. The van der Waals surface area contributed by atoms with E-state index in [1.807, 2.05) is 0 Å². The van der Waals surface area contributed by atoms with E-state index in [-0.39, 0.29) is 43.0 Å². The van der Waals surface area contributed by atoms with E-state index in [0.29, 0.717) is 11.3 Å². The number of hydrogen-bond acceptors (Lipinski definition) is 6. The average Bonchev–Trinajstić information content (AvgIpc) is 3.54. The van der Waals surface area contributed by atoms with Crippen LogP contribution < -0.4 is 10.6 Å². The molecule has 8 nitrogen and oxygen atoms in total. The number of cyclic esters (lactones) is 1. The smallest absolute Gasteiger partial charge is 0.309 e. The quantitative estimate of drug-likeness (QED) is 0.404. The van der Waals surface area contributed by atoms with Crippen molar-refractivity contribution in [2.45, 2.75) is 76.9 Å². The molecule has 1 saturated heterocycles. The molecular weight excluding hydrogens is 455 g/mol. The van der Waals surface area contributed by atoms with Gasteiger partial charge < -0.3 is 19.2 Å². The first-order valence-electron chi connectivity index (χ1n) is 12.1. The molecule has 2 atom stereocenters. The van der Waals surface area contributed by atoms with E-state index in [9.17, 15) is 18.8 Å². The Bertz CT molecular complexity index is 1080. The highest BCUT2D eigenvalue weighted by Crippen LogP contribution is 2.31. The van der Waals surface area contributed by atoms with E-state index in [4.69, 9.17) is 13.9 Å². The molecule has 0 spiro atoms. The van der Waals surface area contributed by atoms with Gasteiger partial charge in [0.2, 0.25) is 5.91 Å². The Morgan fingerprint density at radius 2 is 1.97 bits per heavy atom. The van der Waals surface area contributed by atoms with Crippen LogP contribution in [0.15, 0.2) is 40.8 Å². The fraction of sp³-hybridized carbons (Fsp3) is 0.500. The molecule has 2 fully saturated rings. The normalized spacial score (nSPS) is 21.2. The second-order valence-corrected chi connectivity index (χ2v) is 9.44. The molecule has 1 aromatic heterocycles. The second kappa shape index (κ2) is 10.6. The van der Waals surface area contributed by atoms with E-state index in [1.165, 1.54) is 18.2 Å². The van der Waals surface area contributed by atoms with Crippen LogP contribution in [0.1, 0.15) is 69.3 Å². The fourth-order valence-electron chi connectivity index (χ4n) is 4.79. The van der Waals surface area contributed by atoms with E-state index in [1.54, 1.807) is 32.0 Å². The van der Waals surface area contributed by atoms with Crippen LogP contribution in [0.2, 0.25) is 0 Å². The Hall–Kier alpha value is -3.20. The lowest BCUT2D eigenvalue weighted by atomic mass is 9.94. The number of amides is 2. The van der Waals surface area contributed by atoms with E-state index >= 15 is 0 Å². The summed E-state index contributed by atoms with van der Waals surface area (Å²) in [6.07, 6.45) is 3.98. The minimum absolute atomic E-state index is 0.00856. The molecular formula is C26H31FN2O6. The van der Waals surface area contributed by atoms with Gasteiger partial charge in [-0.3, -0.25) is 19.7 Å². The summed E-state index contributed by atoms with van der Waals surface area (Å²) in [6, 6.07) is 8.64. The molecule has 0 bridgehead atoms. The van der Waals surface area contributed by atoms with Crippen LogP contribution in [0.3, 0.4) is 0 Å². The van der Waals surface area contributed by atoms with Crippen molar-refractivity contribution in [1.29, 1.82) is 0 Å². The summed E-state index contributed by atoms with van der Waals surface area (Å²) in [7, 11) is 0. The van der Waals surface area contributed by atoms with E-state index in [0.717, 1.165) is 25.7 Å². The summed E-state index contributed by atoms with van der Waals surface area (Å²) >= 11 is 0. The van der Waals surface area contributed by atoms with Gasteiger partial charge in [-0.1, -0.05) is 25.0 Å². The number of rotatable bonds is 9. The van der Waals surface area contributed by atoms with Gasteiger partial charge in [-0.15, -0.1) is 0 Å². The van der Waals surface area contributed by atoms with Gasteiger partial charge in [-0.2, -0.15) is 0 Å². The Kier molecular flexibility index (Phi) is 7.54. The van der Waals surface area contributed by atoms with Gasteiger partial charge in [0.05, 0.1) is 12.5 Å². The molecule has 188 valence electrons. The summed E-state index contributed by atoms with van der Waals surface area (Å²) < 4.78 is 30.3. The predicted molar refractivity (Wildman–Crippen MR) is 124 cm³/mol. The minimum Gasteiger partial charge on any atom is -0.451 e. The molecule has 1 unspecified atom stereocenters. The molecule has 0 radical (unpaired) electrons. The number of ether oxygens (including phenoxy) is 2. The van der Waals surface area contributed by atoms with E-state index in [2.05, 4.69) is 10.6 Å². The monoisotopic (exact) mass is 486 g/mol. The van der Waals surface area contributed by atoms with Crippen molar-refractivity contribution in [2.75, 3.05) is 0 Å². The van der Waals surface area contributed by atoms with Crippen molar-refractivity contribution < 1.29 is 32.7 Å². The second-order valence-electron chi connectivity index (χ2n) is 9.44. The standard InChI is InChI=1S/C26H31FN2O6/c1-16(2)34-26(13-12-24(31)35-26)29-23(30)15-20(17-6-3-4-7-17)28-25(32)22-11-10-21(33-22)18-8-5-9-19(27)14-18/h5,8-11,14,16-17,20H,3-4,6-7,12-13,15H2,1-2H3,(H,28,32)(H,29,30)/t20-,26?/m0/s1. The van der Waals surface area contributed by atoms with Crippen molar-refractivity contribution in [3.05, 3.63) is 48.0 Å². The Morgan fingerprint density at radius 3 is 2.63 bits per heavy atom. The highest BCUT2D eigenvalue weighted by Gasteiger charge is 2.44. The molecule has 1 saturated carbocycles. The first-order chi connectivity index (χ1) is 16.7. The number of carbonyl (C=O) groups excluding carboxylic acids is 3. The summed E-state index contributed by atoms with van der Waals surface area (Å²) in [4.78, 5) is 37.7. The van der Waals surface area contributed by atoms with Crippen molar-refractivity contribution >= 4 is 17.8 Å². The third kappa shape index (κ3) is 6.28. The number of esters is 1. The maximum absolute atomic E-state index is 13.6. The number of carbonyl (C=O) groups is 3. The van der Waals surface area contributed by atoms with Crippen molar-refractivity contribution in [3.63, 3.8) is 0 Å². The van der Waals surface area contributed by atoms with Crippen molar-refractivity contribution in [3.8, 4) is 11.3 Å². The molecule has 2 aromatic rings. The molecule has 1 aliphatic heterocycles. The van der Waals surface area contributed by atoms with Crippen molar-refractivity contribution in [2.24, 2.45) is 5.92 Å². The topological polar surface area (TPSA) is 107 Å². The fourth-order valence-corrected chi connectivity index (χ4v) is 4.79. The molecule has 1 aromatic carbocycles. The number of nitrogens with one attached hydrogen (secondary N) is 2. The summed E-state index contributed by atoms with van der Waals surface area (Å²) in [5, 5.41) is 5.69. The van der Waals surface area contributed by atoms with Gasteiger partial charge in [0.15, 0.2) is 5.76 Å². The highest BCUT2D eigenvalue weighted by molar-refractivity contribution is 5.92. The van der Waals surface area contributed by atoms with Gasteiger partial charge in [-0.05, 0) is 56.9 Å².